The van der Waals surface area contributed by atoms with E-state index in [0.29, 0.717) is 5.91 Å². The normalized spacial score (nSPS) is 23.1. The average molecular weight is 255 g/mol. The van der Waals surface area contributed by atoms with Gasteiger partial charge in [-0.15, -0.1) is 0 Å². The van der Waals surface area contributed by atoms with Gasteiger partial charge >= 0.3 is 0 Å². The van der Waals surface area contributed by atoms with Gasteiger partial charge in [-0.25, -0.2) is 0 Å². The summed E-state index contributed by atoms with van der Waals surface area (Å²) in [6.45, 7) is 7.71. The van der Waals surface area contributed by atoms with Crippen LogP contribution in [0.2, 0.25) is 0 Å². The molecule has 3 nitrogen and oxygen atoms in total. The smallest absolute Gasteiger partial charge is 0.225 e. The second-order valence-corrected chi connectivity index (χ2v) is 5.67. The Morgan fingerprint density at radius 2 is 2.11 bits per heavy atom. The number of hydrogen-bond donors (Lipinski definition) is 1. The lowest BCUT2D eigenvalue weighted by Gasteiger charge is -2.23. The van der Waals surface area contributed by atoms with Gasteiger partial charge in [0.1, 0.15) is 0 Å². The third-order valence-electron chi connectivity index (χ3n) is 4.22. The maximum Gasteiger partial charge on any atom is 0.225 e. The van der Waals surface area contributed by atoms with E-state index in [9.17, 15) is 9.90 Å². The van der Waals surface area contributed by atoms with Crippen molar-refractivity contribution in [1.82, 2.24) is 4.90 Å². The van der Waals surface area contributed by atoms with E-state index >= 15 is 0 Å². The Morgan fingerprint density at radius 3 is 2.61 bits per heavy atom. The zero-order valence-corrected chi connectivity index (χ0v) is 12.2. The van der Waals surface area contributed by atoms with Gasteiger partial charge in [-0.1, -0.05) is 33.1 Å². The summed E-state index contributed by atoms with van der Waals surface area (Å²) in [5, 5.41) is 9.58. The van der Waals surface area contributed by atoms with E-state index < -0.39 is 0 Å². The molecule has 3 unspecified atom stereocenters. The summed E-state index contributed by atoms with van der Waals surface area (Å²) in [6.07, 6.45) is 6.22. The molecule has 1 aliphatic rings. The van der Waals surface area contributed by atoms with E-state index in [1.54, 1.807) is 0 Å². The fourth-order valence-corrected chi connectivity index (χ4v) is 2.78. The quantitative estimate of drug-likeness (QED) is 0.711. The standard InChI is InChI=1S/C15H29NO2/c1-4-6-7-8-13(5-2)15(18)16-10-9-14(11-16)12(3)17/h12-14,17H,4-11H2,1-3H3. The minimum Gasteiger partial charge on any atom is -0.393 e. The van der Waals surface area contributed by atoms with Crippen molar-refractivity contribution in [3.63, 3.8) is 0 Å². The monoisotopic (exact) mass is 255 g/mol. The van der Waals surface area contributed by atoms with Crippen LogP contribution in [0.25, 0.3) is 0 Å². The minimum absolute atomic E-state index is 0.198. The van der Waals surface area contributed by atoms with Gasteiger partial charge in [-0.2, -0.15) is 0 Å². The van der Waals surface area contributed by atoms with Gasteiger partial charge in [0.15, 0.2) is 0 Å². The summed E-state index contributed by atoms with van der Waals surface area (Å²) in [6, 6.07) is 0. The lowest BCUT2D eigenvalue weighted by atomic mass is 9.97. The number of amides is 1. The molecule has 3 heteroatoms. The second-order valence-electron chi connectivity index (χ2n) is 5.67. The van der Waals surface area contributed by atoms with Crippen molar-refractivity contribution in [1.29, 1.82) is 0 Å². The van der Waals surface area contributed by atoms with Crippen LogP contribution in [-0.2, 0) is 4.79 Å². The third kappa shape index (κ3) is 4.27. The highest BCUT2D eigenvalue weighted by atomic mass is 16.3. The first kappa shape index (κ1) is 15.5. The molecule has 1 fully saturated rings. The summed E-state index contributed by atoms with van der Waals surface area (Å²) < 4.78 is 0. The van der Waals surface area contributed by atoms with Gasteiger partial charge in [0, 0.05) is 24.9 Å². The second kappa shape index (κ2) is 7.78. The summed E-state index contributed by atoms with van der Waals surface area (Å²) in [5.41, 5.74) is 0. The predicted octanol–water partition coefficient (Wildman–Crippen LogP) is 2.82. The lowest BCUT2D eigenvalue weighted by molar-refractivity contribution is -0.135. The molecule has 0 aromatic rings. The molecule has 1 amide bonds. The van der Waals surface area contributed by atoms with Crippen LogP contribution < -0.4 is 0 Å². The fourth-order valence-electron chi connectivity index (χ4n) is 2.78. The molecule has 0 aromatic carbocycles. The highest BCUT2D eigenvalue weighted by molar-refractivity contribution is 5.79. The maximum absolute atomic E-state index is 12.4. The average Bonchev–Trinajstić information content (AvgIpc) is 2.83. The van der Waals surface area contributed by atoms with Crippen LogP contribution in [0.1, 0.15) is 59.3 Å². The number of likely N-dealkylation sites (tertiary alicyclic amines) is 1. The van der Waals surface area contributed by atoms with E-state index in [0.717, 1.165) is 38.8 Å². The van der Waals surface area contributed by atoms with Crippen LogP contribution >= 0.6 is 0 Å². The number of carbonyl (C=O) groups is 1. The van der Waals surface area contributed by atoms with Crippen molar-refractivity contribution in [2.24, 2.45) is 11.8 Å². The molecule has 0 saturated carbocycles. The number of unbranched alkanes of at least 4 members (excludes halogenated alkanes) is 2. The molecule has 18 heavy (non-hydrogen) atoms. The number of nitrogens with zero attached hydrogens (tertiary/aromatic N) is 1. The van der Waals surface area contributed by atoms with E-state index in [2.05, 4.69) is 13.8 Å². The molecule has 3 atom stereocenters. The first-order chi connectivity index (χ1) is 8.60. The van der Waals surface area contributed by atoms with Crippen molar-refractivity contribution in [2.45, 2.75) is 65.4 Å². The zero-order valence-electron chi connectivity index (χ0n) is 12.2. The van der Waals surface area contributed by atoms with Gasteiger partial charge in [-0.3, -0.25) is 4.79 Å². The highest BCUT2D eigenvalue weighted by Gasteiger charge is 2.31. The molecule has 0 radical (unpaired) electrons. The van der Waals surface area contributed by atoms with Crippen LogP contribution in [0.15, 0.2) is 0 Å². The van der Waals surface area contributed by atoms with Crippen LogP contribution in [0.3, 0.4) is 0 Å². The van der Waals surface area contributed by atoms with Crippen molar-refractivity contribution in [2.75, 3.05) is 13.1 Å². The zero-order chi connectivity index (χ0) is 13.5. The van der Waals surface area contributed by atoms with E-state index in [-0.39, 0.29) is 17.9 Å². The topological polar surface area (TPSA) is 40.5 Å². The van der Waals surface area contributed by atoms with Crippen LogP contribution in [0, 0.1) is 11.8 Å². The molecule has 1 saturated heterocycles. The van der Waals surface area contributed by atoms with Crippen molar-refractivity contribution in [3.8, 4) is 0 Å². The van der Waals surface area contributed by atoms with Gasteiger partial charge in [0.25, 0.3) is 0 Å². The van der Waals surface area contributed by atoms with Gasteiger partial charge in [0.05, 0.1) is 6.10 Å². The first-order valence-corrected chi connectivity index (χ1v) is 7.56. The summed E-state index contributed by atoms with van der Waals surface area (Å²) in [7, 11) is 0. The molecule has 1 rings (SSSR count). The van der Waals surface area contributed by atoms with Crippen molar-refractivity contribution in [3.05, 3.63) is 0 Å². The molecule has 0 aromatic heterocycles. The number of rotatable bonds is 7. The minimum atomic E-state index is -0.289. The number of hydrogen-bond acceptors (Lipinski definition) is 2. The largest absolute Gasteiger partial charge is 0.393 e. The Labute approximate surface area is 112 Å². The van der Waals surface area contributed by atoms with Crippen LogP contribution in [-0.4, -0.2) is 35.1 Å². The Balaban J connectivity index is 2.42. The highest BCUT2D eigenvalue weighted by Crippen LogP contribution is 2.24. The van der Waals surface area contributed by atoms with Gasteiger partial charge < -0.3 is 10.0 Å². The Kier molecular flexibility index (Phi) is 6.69. The molecule has 0 bridgehead atoms. The molecule has 106 valence electrons. The molecule has 1 heterocycles. The molecule has 1 N–H and O–H groups in total. The summed E-state index contributed by atoms with van der Waals surface area (Å²) in [4.78, 5) is 14.4. The van der Waals surface area contributed by atoms with Crippen LogP contribution in [0.4, 0.5) is 0 Å². The van der Waals surface area contributed by atoms with Crippen LogP contribution in [0.5, 0.6) is 0 Å². The van der Waals surface area contributed by atoms with E-state index in [4.69, 9.17) is 0 Å². The number of carbonyl (C=O) groups excluding carboxylic acids is 1. The van der Waals surface area contributed by atoms with Crippen molar-refractivity contribution < 1.29 is 9.90 Å². The Bertz CT molecular complexity index is 253. The number of aliphatic hydroxyl groups excluding tert-OH is 1. The molecule has 0 spiro atoms. The molecular weight excluding hydrogens is 226 g/mol. The Hall–Kier alpha value is -0.570. The summed E-state index contributed by atoms with van der Waals surface area (Å²) >= 11 is 0. The lowest BCUT2D eigenvalue weighted by Crippen LogP contribution is -2.35. The fraction of sp³-hybridized carbons (Fsp3) is 0.933. The summed E-state index contributed by atoms with van der Waals surface area (Å²) in [5.74, 6) is 0.795. The van der Waals surface area contributed by atoms with E-state index in [1.165, 1.54) is 12.8 Å². The molecular formula is C15H29NO2. The predicted molar refractivity (Wildman–Crippen MR) is 74.3 cm³/mol. The SMILES string of the molecule is CCCCCC(CC)C(=O)N1CCC(C(C)O)C1. The van der Waals surface area contributed by atoms with Gasteiger partial charge in [0.2, 0.25) is 5.91 Å². The Morgan fingerprint density at radius 1 is 1.39 bits per heavy atom. The molecule has 0 aliphatic carbocycles. The maximum atomic E-state index is 12.4. The molecule has 1 aliphatic heterocycles. The van der Waals surface area contributed by atoms with E-state index in [1.807, 2.05) is 11.8 Å². The van der Waals surface area contributed by atoms with Gasteiger partial charge in [-0.05, 0) is 26.2 Å². The third-order valence-corrected chi connectivity index (χ3v) is 4.22. The number of aliphatic hydroxyl groups is 1. The van der Waals surface area contributed by atoms with Crippen molar-refractivity contribution >= 4 is 5.91 Å². The first-order valence-electron chi connectivity index (χ1n) is 7.56.